The molecule has 2 aliphatic carbocycles. The lowest BCUT2D eigenvalue weighted by Crippen LogP contribution is -2.56. The Balaban J connectivity index is 1.56. The first-order valence-electron chi connectivity index (χ1n) is 9.25. The summed E-state index contributed by atoms with van der Waals surface area (Å²) < 4.78 is 0. The summed E-state index contributed by atoms with van der Waals surface area (Å²) in [6.45, 7) is 2.89. The predicted molar refractivity (Wildman–Crippen MR) is 87.5 cm³/mol. The molecule has 2 unspecified atom stereocenters. The van der Waals surface area contributed by atoms with Gasteiger partial charge in [-0.25, -0.2) is 0 Å². The van der Waals surface area contributed by atoms with E-state index in [2.05, 4.69) is 10.2 Å². The van der Waals surface area contributed by atoms with Gasteiger partial charge in [-0.3, -0.25) is 0 Å². The van der Waals surface area contributed by atoms with Gasteiger partial charge in [0.1, 0.15) is 0 Å². The predicted octanol–water partition coefficient (Wildman–Crippen LogP) is 2.93. The Kier molecular flexibility index (Phi) is 4.92. The minimum Gasteiger partial charge on any atom is -0.394 e. The molecule has 3 aliphatic rings. The second-order valence-corrected chi connectivity index (χ2v) is 8.04. The van der Waals surface area contributed by atoms with Gasteiger partial charge in [0.05, 0.1) is 6.61 Å². The zero-order valence-corrected chi connectivity index (χ0v) is 13.9. The van der Waals surface area contributed by atoms with Gasteiger partial charge in [-0.2, -0.15) is 0 Å². The molecule has 2 saturated carbocycles. The average molecular weight is 294 g/mol. The van der Waals surface area contributed by atoms with Crippen LogP contribution < -0.4 is 5.32 Å². The van der Waals surface area contributed by atoms with Crippen LogP contribution in [0.1, 0.15) is 70.6 Å². The summed E-state index contributed by atoms with van der Waals surface area (Å²) in [7, 11) is 2.02. The van der Waals surface area contributed by atoms with E-state index in [1.54, 1.807) is 0 Å². The van der Waals surface area contributed by atoms with Crippen LogP contribution in [0.25, 0.3) is 0 Å². The standard InChI is InChI=1S/C18H34N2O/c1-19-18(15-21)9-5-6-16(14-18)20-12-10-17(11-13-20)7-3-2-4-8-17/h16,19,21H,2-15H2,1H3. The van der Waals surface area contributed by atoms with Crippen molar-refractivity contribution >= 4 is 0 Å². The fourth-order valence-electron chi connectivity index (χ4n) is 5.26. The van der Waals surface area contributed by atoms with Crippen molar-refractivity contribution in [3.8, 4) is 0 Å². The summed E-state index contributed by atoms with van der Waals surface area (Å²) in [6, 6.07) is 0.694. The number of likely N-dealkylation sites (tertiary alicyclic amines) is 1. The number of nitrogens with zero attached hydrogens (tertiary/aromatic N) is 1. The molecule has 3 nitrogen and oxygen atoms in total. The Morgan fingerprint density at radius 3 is 2.33 bits per heavy atom. The maximum absolute atomic E-state index is 9.78. The van der Waals surface area contributed by atoms with Crippen LogP contribution in [-0.4, -0.2) is 48.3 Å². The molecule has 0 aromatic carbocycles. The normalized spacial score (nSPS) is 37.7. The summed E-state index contributed by atoms with van der Waals surface area (Å²) in [5.74, 6) is 0. The van der Waals surface area contributed by atoms with Crippen molar-refractivity contribution in [2.24, 2.45) is 5.41 Å². The minimum absolute atomic E-state index is 0.0110. The van der Waals surface area contributed by atoms with Crippen LogP contribution in [0, 0.1) is 5.41 Å². The van der Waals surface area contributed by atoms with E-state index >= 15 is 0 Å². The highest BCUT2D eigenvalue weighted by molar-refractivity contribution is 4.97. The van der Waals surface area contributed by atoms with Crippen LogP contribution >= 0.6 is 0 Å². The molecule has 1 saturated heterocycles. The molecule has 2 atom stereocenters. The number of hydrogen-bond acceptors (Lipinski definition) is 3. The zero-order valence-electron chi connectivity index (χ0n) is 13.9. The van der Waals surface area contributed by atoms with Crippen molar-refractivity contribution in [2.45, 2.75) is 82.2 Å². The lowest BCUT2D eigenvalue weighted by molar-refractivity contribution is 0.0110. The van der Waals surface area contributed by atoms with Gasteiger partial charge in [-0.1, -0.05) is 19.3 Å². The van der Waals surface area contributed by atoms with Crippen molar-refractivity contribution in [2.75, 3.05) is 26.7 Å². The van der Waals surface area contributed by atoms with E-state index in [9.17, 15) is 5.11 Å². The number of rotatable bonds is 3. The molecule has 1 heterocycles. The van der Waals surface area contributed by atoms with E-state index < -0.39 is 0 Å². The van der Waals surface area contributed by atoms with Gasteiger partial charge in [-0.15, -0.1) is 0 Å². The Labute approximate surface area is 130 Å². The zero-order chi connectivity index (χ0) is 14.8. The van der Waals surface area contributed by atoms with E-state index in [1.165, 1.54) is 70.9 Å². The molecule has 21 heavy (non-hydrogen) atoms. The largest absolute Gasteiger partial charge is 0.394 e. The van der Waals surface area contributed by atoms with Crippen LogP contribution in [0.4, 0.5) is 0 Å². The van der Waals surface area contributed by atoms with Crippen LogP contribution in [0.15, 0.2) is 0 Å². The van der Waals surface area contributed by atoms with Crippen LogP contribution in [0.3, 0.4) is 0 Å². The first-order valence-corrected chi connectivity index (χ1v) is 9.25. The van der Waals surface area contributed by atoms with Gasteiger partial charge in [0, 0.05) is 11.6 Å². The highest BCUT2D eigenvalue weighted by atomic mass is 16.3. The molecule has 0 amide bonds. The molecule has 2 N–H and O–H groups in total. The number of aliphatic hydroxyl groups is 1. The molecule has 0 aromatic rings. The first kappa shape index (κ1) is 15.8. The van der Waals surface area contributed by atoms with Crippen LogP contribution in [0.5, 0.6) is 0 Å². The Bertz CT molecular complexity index is 324. The lowest BCUT2D eigenvalue weighted by Gasteiger charge is -2.49. The second kappa shape index (κ2) is 6.55. The molecule has 1 aliphatic heterocycles. The third kappa shape index (κ3) is 3.30. The molecular weight excluding hydrogens is 260 g/mol. The van der Waals surface area contributed by atoms with E-state index in [0.29, 0.717) is 11.5 Å². The number of likely N-dealkylation sites (N-methyl/N-ethyl adjacent to an activating group) is 1. The van der Waals surface area contributed by atoms with E-state index in [-0.39, 0.29) is 12.1 Å². The molecule has 0 aromatic heterocycles. The van der Waals surface area contributed by atoms with Crippen molar-refractivity contribution in [3.05, 3.63) is 0 Å². The van der Waals surface area contributed by atoms with Gasteiger partial charge in [0.15, 0.2) is 0 Å². The monoisotopic (exact) mass is 294 g/mol. The van der Waals surface area contributed by atoms with Crippen molar-refractivity contribution < 1.29 is 5.11 Å². The molecule has 1 spiro atoms. The van der Waals surface area contributed by atoms with Crippen molar-refractivity contribution in [1.29, 1.82) is 0 Å². The second-order valence-electron chi connectivity index (χ2n) is 8.04. The summed E-state index contributed by atoms with van der Waals surface area (Å²) in [6.07, 6.45) is 15.1. The van der Waals surface area contributed by atoms with E-state index in [1.807, 2.05) is 7.05 Å². The fourth-order valence-corrected chi connectivity index (χ4v) is 5.26. The van der Waals surface area contributed by atoms with Gasteiger partial charge in [0.25, 0.3) is 0 Å². The number of aliphatic hydroxyl groups excluding tert-OH is 1. The van der Waals surface area contributed by atoms with Crippen molar-refractivity contribution in [3.63, 3.8) is 0 Å². The molecule has 3 rings (SSSR count). The van der Waals surface area contributed by atoms with E-state index in [4.69, 9.17) is 0 Å². The van der Waals surface area contributed by atoms with E-state index in [0.717, 1.165) is 12.8 Å². The molecule has 122 valence electrons. The van der Waals surface area contributed by atoms with Crippen molar-refractivity contribution in [1.82, 2.24) is 10.2 Å². The van der Waals surface area contributed by atoms with Crippen LogP contribution in [0.2, 0.25) is 0 Å². The smallest absolute Gasteiger partial charge is 0.0613 e. The Morgan fingerprint density at radius 1 is 1.00 bits per heavy atom. The first-order chi connectivity index (χ1) is 10.2. The maximum Gasteiger partial charge on any atom is 0.0613 e. The summed E-state index contributed by atoms with van der Waals surface area (Å²) in [4.78, 5) is 2.75. The molecule has 0 radical (unpaired) electrons. The highest BCUT2D eigenvalue weighted by Crippen LogP contribution is 2.45. The molecule has 0 bridgehead atoms. The van der Waals surface area contributed by atoms with Gasteiger partial charge < -0.3 is 15.3 Å². The number of nitrogens with one attached hydrogen (secondary N) is 1. The lowest BCUT2D eigenvalue weighted by atomic mass is 9.67. The molecule has 3 fully saturated rings. The third-order valence-corrected chi connectivity index (χ3v) is 6.94. The van der Waals surface area contributed by atoms with Gasteiger partial charge in [-0.05, 0) is 76.9 Å². The third-order valence-electron chi connectivity index (χ3n) is 6.94. The summed E-state index contributed by atoms with van der Waals surface area (Å²) in [5.41, 5.74) is 0.698. The van der Waals surface area contributed by atoms with Gasteiger partial charge in [0.2, 0.25) is 0 Å². The highest BCUT2D eigenvalue weighted by Gasteiger charge is 2.41. The average Bonchev–Trinajstić information content (AvgIpc) is 2.56. The quantitative estimate of drug-likeness (QED) is 0.840. The Hall–Kier alpha value is -0.120. The topological polar surface area (TPSA) is 35.5 Å². The number of piperidine rings is 1. The minimum atomic E-state index is -0.0110. The maximum atomic E-state index is 9.78. The molecular formula is C18H34N2O. The summed E-state index contributed by atoms with van der Waals surface area (Å²) >= 11 is 0. The van der Waals surface area contributed by atoms with Crippen LogP contribution in [-0.2, 0) is 0 Å². The SMILES string of the molecule is CNC1(CO)CCCC(N2CCC3(CCCCC3)CC2)C1. The fraction of sp³-hybridized carbons (Fsp3) is 1.00. The number of hydrogen-bond donors (Lipinski definition) is 2. The molecule has 3 heteroatoms. The summed E-state index contributed by atoms with van der Waals surface area (Å²) in [5, 5.41) is 13.2. The Morgan fingerprint density at radius 2 is 1.71 bits per heavy atom. The van der Waals surface area contributed by atoms with Gasteiger partial charge >= 0.3 is 0 Å².